The van der Waals surface area contributed by atoms with Crippen molar-refractivity contribution in [3.63, 3.8) is 0 Å². The second-order valence-corrected chi connectivity index (χ2v) is 5.28. The lowest BCUT2D eigenvalue weighted by atomic mass is 10.0. The van der Waals surface area contributed by atoms with Gasteiger partial charge in [0.1, 0.15) is 6.61 Å². The van der Waals surface area contributed by atoms with Gasteiger partial charge in [-0.1, -0.05) is 0 Å². The van der Waals surface area contributed by atoms with Gasteiger partial charge >= 0.3 is 12.1 Å². The Hall–Kier alpha value is -1.31. The number of rotatable bonds is 7. The molecule has 0 spiro atoms. The minimum atomic E-state index is -4.42. The maximum absolute atomic E-state index is 11.9. The number of aliphatic carboxylic acids is 1. The Kier molecular flexibility index (Phi) is 6.98. The van der Waals surface area contributed by atoms with E-state index in [2.05, 4.69) is 4.74 Å². The molecule has 20 heavy (non-hydrogen) atoms. The number of amides is 1. The van der Waals surface area contributed by atoms with Crippen molar-refractivity contribution in [2.75, 3.05) is 19.8 Å². The third kappa shape index (κ3) is 8.73. The summed E-state index contributed by atoms with van der Waals surface area (Å²) in [6, 6.07) is 0. The summed E-state index contributed by atoms with van der Waals surface area (Å²) in [5.41, 5.74) is -0.601. The van der Waals surface area contributed by atoms with Crippen molar-refractivity contribution in [3.05, 3.63) is 0 Å². The van der Waals surface area contributed by atoms with Crippen LogP contribution in [0.1, 0.15) is 33.6 Å². The molecule has 8 heteroatoms. The highest BCUT2D eigenvalue weighted by atomic mass is 19.4. The van der Waals surface area contributed by atoms with Crippen molar-refractivity contribution in [2.24, 2.45) is 0 Å². The van der Waals surface area contributed by atoms with Gasteiger partial charge in [0.15, 0.2) is 0 Å². The molecule has 0 atom stereocenters. The van der Waals surface area contributed by atoms with Crippen molar-refractivity contribution in [1.29, 1.82) is 0 Å². The standard InChI is InChI=1S/C12H20F3NO4/c1-11(2,3)16(6-4-10(18)19)9(17)5-7-20-8-12(13,14)15/h4-8H2,1-3H3,(H,18,19). The third-order valence-corrected chi connectivity index (χ3v) is 2.39. The van der Waals surface area contributed by atoms with E-state index < -0.39 is 30.2 Å². The lowest BCUT2D eigenvalue weighted by Crippen LogP contribution is -2.47. The Balaban J connectivity index is 4.32. The fourth-order valence-corrected chi connectivity index (χ4v) is 1.52. The van der Waals surface area contributed by atoms with Crippen LogP contribution in [0.25, 0.3) is 0 Å². The maximum Gasteiger partial charge on any atom is 0.411 e. The number of carbonyl (C=O) groups is 2. The van der Waals surface area contributed by atoms with Gasteiger partial charge in [0, 0.05) is 12.1 Å². The fraction of sp³-hybridized carbons (Fsp3) is 0.833. The highest BCUT2D eigenvalue weighted by Crippen LogP contribution is 2.17. The van der Waals surface area contributed by atoms with Crippen molar-refractivity contribution >= 4 is 11.9 Å². The molecule has 0 aliphatic heterocycles. The number of carboxylic acid groups (broad SMARTS) is 1. The fourth-order valence-electron chi connectivity index (χ4n) is 1.52. The molecule has 0 saturated carbocycles. The van der Waals surface area contributed by atoms with Gasteiger partial charge in [-0.2, -0.15) is 13.2 Å². The van der Waals surface area contributed by atoms with Crippen LogP contribution in [0.3, 0.4) is 0 Å². The molecule has 0 bridgehead atoms. The van der Waals surface area contributed by atoms with Gasteiger partial charge in [0.25, 0.3) is 0 Å². The van der Waals surface area contributed by atoms with Crippen LogP contribution < -0.4 is 0 Å². The van der Waals surface area contributed by atoms with Gasteiger partial charge in [-0.05, 0) is 20.8 Å². The van der Waals surface area contributed by atoms with E-state index in [9.17, 15) is 22.8 Å². The number of ether oxygens (including phenoxy) is 1. The molecule has 0 fully saturated rings. The SMILES string of the molecule is CC(C)(C)N(CCC(=O)O)C(=O)CCOCC(F)(F)F. The van der Waals surface area contributed by atoms with Crippen molar-refractivity contribution < 1.29 is 32.6 Å². The Labute approximate surface area is 115 Å². The molecule has 5 nitrogen and oxygen atoms in total. The summed E-state index contributed by atoms with van der Waals surface area (Å²) in [6.45, 7) is 3.44. The normalized spacial score (nSPS) is 12.3. The molecule has 0 aliphatic rings. The molecule has 0 radical (unpaired) electrons. The summed E-state index contributed by atoms with van der Waals surface area (Å²) in [5, 5.41) is 8.63. The van der Waals surface area contributed by atoms with Gasteiger partial charge in [-0.15, -0.1) is 0 Å². The van der Waals surface area contributed by atoms with Crippen LogP contribution in [0, 0.1) is 0 Å². The quantitative estimate of drug-likeness (QED) is 0.731. The van der Waals surface area contributed by atoms with Crippen LogP contribution in [0.5, 0.6) is 0 Å². The molecular weight excluding hydrogens is 279 g/mol. The van der Waals surface area contributed by atoms with Gasteiger partial charge < -0.3 is 14.7 Å². The molecule has 0 aliphatic carbocycles. The van der Waals surface area contributed by atoms with Gasteiger partial charge in [0.2, 0.25) is 5.91 Å². The summed E-state index contributed by atoms with van der Waals surface area (Å²) in [7, 11) is 0. The molecule has 0 aromatic carbocycles. The van der Waals surface area contributed by atoms with E-state index in [1.165, 1.54) is 4.90 Å². The minimum absolute atomic E-state index is 0.0109. The van der Waals surface area contributed by atoms with E-state index in [1.54, 1.807) is 20.8 Å². The van der Waals surface area contributed by atoms with Crippen LogP contribution in [0.2, 0.25) is 0 Å². The van der Waals surface area contributed by atoms with E-state index in [4.69, 9.17) is 5.11 Å². The predicted molar refractivity (Wildman–Crippen MR) is 65.2 cm³/mol. The largest absolute Gasteiger partial charge is 0.481 e. The first-order valence-electron chi connectivity index (χ1n) is 6.10. The van der Waals surface area contributed by atoms with E-state index in [-0.39, 0.29) is 26.0 Å². The molecular formula is C12H20F3NO4. The molecule has 1 N–H and O–H groups in total. The first-order valence-corrected chi connectivity index (χ1v) is 6.10. The van der Waals surface area contributed by atoms with Crippen molar-refractivity contribution in [3.8, 4) is 0 Å². The number of nitrogens with zero attached hydrogens (tertiary/aromatic N) is 1. The van der Waals surface area contributed by atoms with Crippen LogP contribution in [-0.4, -0.2) is 53.4 Å². The summed E-state index contributed by atoms with van der Waals surface area (Å²) in [5.74, 6) is -1.47. The lowest BCUT2D eigenvalue weighted by molar-refractivity contribution is -0.175. The maximum atomic E-state index is 11.9. The number of alkyl halides is 3. The zero-order valence-electron chi connectivity index (χ0n) is 11.8. The first-order chi connectivity index (χ1) is 8.93. The van der Waals surface area contributed by atoms with E-state index >= 15 is 0 Å². The average molecular weight is 299 g/mol. The molecule has 0 saturated heterocycles. The number of carbonyl (C=O) groups excluding carboxylic acids is 1. The molecule has 0 rings (SSSR count). The molecule has 118 valence electrons. The molecule has 0 heterocycles. The molecule has 0 unspecified atom stereocenters. The first kappa shape index (κ1) is 18.7. The van der Waals surface area contributed by atoms with Crippen LogP contribution >= 0.6 is 0 Å². The minimum Gasteiger partial charge on any atom is -0.481 e. The van der Waals surface area contributed by atoms with Crippen LogP contribution in [0.4, 0.5) is 13.2 Å². The zero-order valence-corrected chi connectivity index (χ0v) is 11.8. The molecule has 0 aromatic rings. The molecule has 0 aromatic heterocycles. The van der Waals surface area contributed by atoms with E-state index in [0.717, 1.165) is 0 Å². The summed E-state index contributed by atoms with van der Waals surface area (Å²) in [6.07, 6.45) is -4.85. The van der Waals surface area contributed by atoms with E-state index in [0.29, 0.717) is 0 Å². The monoisotopic (exact) mass is 299 g/mol. The van der Waals surface area contributed by atoms with Crippen molar-refractivity contribution in [1.82, 2.24) is 4.90 Å². The molecule has 1 amide bonds. The van der Waals surface area contributed by atoms with Crippen LogP contribution in [-0.2, 0) is 14.3 Å². The lowest BCUT2D eigenvalue weighted by Gasteiger charge is -2.35. The highest BCUT2D eigenvalue weighted by Gasteiger charge is 2.29. The van der Waals surface area contributed by atoms with E-state index in [1.807, 2.05) is 0 Å². The number of hydrogen-bond acceptors (Lipinski definition) is 3. The van der Waals surface area contributed by atoms with Gasteiger partial charge in [0.05, 0.1) is 19.4 Å². The average Bonchev–Trinajstić information content (AvgIpc) is 2.20. The smallest absolute Gasteiger partial charge is 0.411 e. The summed E-state index contributed by atoms with van der Waals surface area (Å²) in [4.78, 5) is 23.8. The van der Waals surface area contributed by atoms with Gasteiger partial charge in [-0.3, -0.25) is 9.59 Å². The Morgan fingerprint density at radius 2 is 1.70 bits per heavy atom. The Bertz CT molecular complexity index is 337. The number of carboxylic acids is 1. The number of hydrogen-bond donors (Lipinski definition) is 1. The van der Waals surface area contributed by atoms with Crippen LogP contribution in [0.15, 0.2) is 0 Å². The Morgan fingerprint density at radius 1 is 1.15 bits per heavy atom. The Morgan fingerprint density at radius 3 is 2.10 bits per heavy atom. The highest BCUT2D eigenvalue weighted by molar-refractivity contribution is 5.77. The number of halogens is 3. The second kappa shape index (κ2) is 7.47. The van der Waals surface area contributed by atoms with Gasteiger partial charge in [-0.25, -0.2) is 0 Å². The topological polar surface area (TPSA) is 66.8 Å². The summed E-state index contributed by atoms with van der Waals surface area (Å²) >= 11 is 0. The second-order valence-electron chi connectivity index (χ2n) is 5.28. The zero-order chi connectivity index (χ0) is 16.0. The summed E-state index contributed by atoms with van der Waals surface area (Å²) < 4.78 is 39.9. The predicted octanol–water partition coefficient (Wildman–Crippen LogP) is 2.06. The third-order valence-electron chi connectivity index (χ3n) is 2.39. The van der Waals surface area contributed by atoms with Crippen molar-refractivity contribution in [2.45, 2.75) is 45.3 Å².